The topological polar surface area (TPSA) is 501 Å². The summed E-state index contributed by atoms with van der Waals surface area (Å²) in [5.41, 5.74) is 0. The monoisotopic (exact) mass is 1060 g/mol. The minimum atomic E-state index is -1.53. The molecule has 62 heavy (non-hydrogen) atoms. The van der Waals surface area contributed by atoms with Crippen molar-refractivity contribution >= 4 is 71.6 Å². The second kappa shape index (κ2) is 37.5. The van der Waals surface area contributed by atoms with Crippen LogP contribution >= 0.6 is 0 Å². The molecule has 0 rings (SSSR count). The van der Waals surface area contributed by atoms with Crippen molar-refractivity contribution in [2.75, 3.05) is 118 Å². The van der Waals surface area contributed by atoms with E-state index in [0.29, 0.717) is 0 Å². The molecule has 32 heteroatoms. The second-order valence-corrected chi connectivity index (χ2v) is 11.7. The van der Waals surface area contributed by atoms with E-state index in [1.165, 1.54) is 0 Å². The van der Waals surface area contributed by atoms with Gasteiger partial charge in [-0.05, 0) is 0 Å². The maximum atomic E-state index is 10.4. The molecular weight excluding hydrogens is 1020 g/mol. The fourth-order valence-corrected chi connectivity index (χ4v) is 4.32. The number of carbonyl (C=O) groups excluding carboxylic acids is 12. The summed E-state index contributed by atoms with van der Waals surface area (Å²) in [6, 6.07) is 0. The van der Waals surface area contributed by atoms with Gasteiger partial charge < -0.3 is 119 Å². The number of aliphatic carboxylic acids is 12. The molecule has 0 spiro atoms. The quantitative estimate of drug-likeness (QED) is 0.0551. The summed E-state index contributed by atoms with van der Waals surface area (Å²) in [6.07, 6.45) is 0. The Morgan fingerprint density at radius 3 is 0.306 bits per heavy atom. The van der Waals surface area contributed by atoms with Crippen LogP contribution in [0.1, 0.15) is 0 Å². The Kier molecular flexibility index (Phi) is 39.9. The van der Waals surface area contributed by atoms with Crippen LogP contribution in [0, 0.1) is 0 Å². The van der Waals surface area contributed by atoms with E-state index in [1.54, 1.807) is 0 Å². The maximum absolute atomic E-state index is 10.4. The Morgan fingerprint density at radius 1 is 0.194 bits per heavy atom. The van der Waals surface area contributed by atoms with E-state index in [1.807, 2.05) is 0 Å². The van der Waals surface area contributed by atoms with Crippen LogP contribution in [0.4, 0.5) is 0 Å². The average Bonchev–Trinajstić information content (AvgIpc) is 3.02. The van der Waals surface area contributed by atoms with Crippen molar-refractivity contribution in [1.29, 1.82) is 0 Å². The van der Waals surface area contributed by atoms with Gasteiger partial charge in [0.15, 0.2) is 0 Å². The molecule has 0 aliphatic rings. The van der Waals surface area contributed by atoms with Gasteiger partial charge in [0.05, 0.1) is 71.6 Å². The van der Waals surface area contributed by atoms with Crippen molar-refractivity contribution in [2.45, 2.75) is 0 Å². The third kappa shape index (κ3) is 47.5. The van der Waals surface area contributed by atoms with E-state index < -0.39 is 150 Å². The largest absolute Gasteiger partial charge is 0.549 e. The molecule has 0 aromatic heterocycles. The summed E-state index contributed by atoms with van der Waals surface area (Å²) in [5.74, 6) is -18.4. The molecule has 0 saturated heterocycles. The molecule has 0 saturated carbocycles. The number of carboxylic acid groups (broad SMARTS) is 12. The zero-order valence-electron chi connectivity index (χ0n) is 32.0. The SMILES string of the molecule is O=C([O-])CN(CCN(CC(=O)[O-])CC(=O)[O-])CC(=O)[O-].O=C([O-])CN(CCN(CC(=O)[O-])CC(=O)[O-])CC(=O)[O-].O=C([O-])CN(CCN(CC(=O)[O-])CC(=O)[O-])CC(=O)[O-].[Mo].[Mo]. The molecule has 0 aromatic rings. The van der Waals surface area contributed by atoms with Crippen LogP contribution in [0.5, 0.6) is 0 Å². The molecule has 0 amide bonds. The van der Waals surface area contributed by atoms with Gasteiger partial charge in [-0.1, -0.05) is 0 Å². The summed E-state index contributed by atoms with van der Waals surface area (Å²) in [7, 11) is 0. The van der Waals surface area contributed by atoms with Crippen molar-refractivity contribution in [3.05, 3.63) is 0 Å². The average molecular weight is 1060 g/mol. The van der Waals surface area contributed by atoms with E-state index in [-0.39, 0.29) is 81.4 Å². The minimum absolute atomic E-state index is 0. The first-order chi connectivity index (χ1) is 27.6. The molecule has 0 N–H and O–H groups in total. The smallest absolute Gasteiger partial charge is 0.0555 e. The number of hydrogen-bond donors (Lipinski definition) is 0. The van der Waals surface area contributed by atoms with Gasteiger partial charge in [0.25, 0.3) is 0 Å². The van der Waals surface area contributed by atoms with Gasteiger partial charge in [0.2, 0.25) is 0 Å². The van der Waals surface area contributed by atoms with E-state index in [2.05, 4.69) is 0 Å². The van der Waals surface area contributed by atoms with Gasteiger partial charge >= 0.3 is 0 Å². The molecule has 0 aliphatic heterocycles. The van der Waals surface area contributed by atoms with Crippen molar-refractivity contribution in [3.63, 3.8) is 0 Å². The van der Waals surface area contributed by atoms with Crippen LogP contribution in [0.2, 0.25) is 0 Å². The fourth-order valence-electron chi connectivity index (χ4n) is 4.32. The molecule has 30 nitrogen and oxygen atoms in total. The molecular formula is C30H36Mo2N6O24-12. The molecule has 0 radical (unpaired) electrons. The number of nitrogens with zero attached hydrogens (tertiary/aromatic N) is 6. The van der Waals surface area contributed by atoms with Crippen LogP contribution in [-0.2, 0) is 99.7 Å². The molecule has 0 aliphatic carbocycles. The summed E-state index contributed by atoms with van der Waals surface area (Å²) in [4.78, 5) is 130. The van der Waals surface area contributed by atoms with Crippen molar-refractivity contribution < 1.29 is 161 Å². The Hall–Kier alpha value is -5.22. The van der Waals surface area contributed by atoms with Gasteiger partial charge in [-0.2, -0.15) is 0 Å². The first-order valence-electron chi connectivity index (χ1n) is 16.3. The minimum Gasteiger partial charge on any atom is -0.549 e. The molecule has 0 aromatic carbocycles. The number of hydrogen-bond acceptors (Lipinski definition) is 30. The Bertz CT molecular complexity index is 1130. The normalized spacial score (nSPS) is 10.4. The Labute approximate surface area is 378 Å². The summed E-state index contributed by atoms with van der Waals surface area (Å²) >= 11 is 0. The van der Waals surface area contributed by atoms with Gasteiger partial charge in [0, 0.05) is 160 Å². The molecule has 0 heterocycles. The van der Waals surface area contributed by atoms with Gasteiger partial charge in [0.1, 0.15) is 0 Å². The van der Waals surface area contributed by atoms with Crippen LogP contribution < -0.4 is 61.3 Å². The van der Waals surface area contributed by atoms with Gasteiger partial charge in [-0.3, -0.25) is 29.4 Å². The molecule has 0 fully saturated rings. The third-order valence-electron chi connectivity index (χ3n) is 6.43. The summed E-state index contributed by atoms with van der Waals surface area (Å²) < 4.78 is 0. The molecule has 0 bridgehead atoms. The van der Waals surface area contributed by atoms with Crippen molar-refractivity contribution in [2.24, 2.45) is 0 Å². The van der Waals surface area contributed by atoms with Crippen LogP contribution in [0.3, 0.4) is 0 Å². The Balaban J connectivity index is -0.000000258. The number of carboxylic acids is 12. The van der Waals surface area contributed by atoms with E-state index in [0.717, 1.165) is 29.4 Å². The number of carbonyl (C=O) groups is 12. The van der Waals surface area contributed by atoms with Gasteiger partial charge in [-0.15, -0.1) is 0 Å². The van der Waals surface area contributed by atoms with Gasteiger partial charge in [-0.25, -0.2) is 0 Å². The van der Waals surface area contributed by atoms with E-state index >= 15 is 0 Å². The molecule has 0 unspecified atom stereocenters. The molecule has 354 valence electrons. The van der Waals surface area contributed by atoms with E-state index in [9.17, 15) is 119 Å². The predicted molar refractivity (Wildman–Crippen MR) is 159 cm³/mol. The summed E-state index contributed by atoms with van der Waals surface area (Å²) in [6.45, 7) is -9.75. The van der Waals surface area contributed by atoms with Crippen molar-refractivity contribution in [1.82, 2.24) is 29.4 Å². The molecule has 0 atom stereocenters. The third-order valence-corrected chi connectivity index (χ3v) is 6.43. The zero-order valence-corrected chi connectivity index (χ0v) is 36.0. The van der Waals surface area contributed by atoms with E-state index in [4.69, 9.17) is 0 Å². The zero-order chi connectivity index (χ0) is 47.1. The Morgan fingerprint density at radius 2 is 0.258 bits per heavy atom. The van der Waals surface area contributed by atoms with Crippen LogP contribution in [-0.4, -0.2) is 219 Å². The number of rotatable bonds is 33. The predicted octanol–water partition coefficient (Wildman–Crippen LogP) is -22.2. The first-order valence-corrected chi connectivity index (χ1v) is 16.3. The fraction of sp³-hybridized carbons (Fsp3) is 0.600. The van der Waals surface area contributed by atoms with Crippen LogP contribution in [0.25, 0.3) is 0 Å². The van der Waals surface area contributed by atoms with Crippen LogP contribution in [0.15, 0.2) is 0 Å². The maximum Gasteiger partial charge on any atom is 0.0555 e. The second-order valence-electron chi connectivity index (χ2n) is 11.7. The van der Waals surface area contributed by atoms with Crippen molar-refractivity contribution in [3.8, 4) is 0 Å². The first kappa shape index (κ1) is 65.9. The summed E-state index contributed by atoms with van der Waals surface area (Å²) in [5, 5.41) is 125. The standard InChI is InChI=1S/3C10H16N2O8.2Mo/c3*13-7(14)3-11(4-8(15)16)1-2-12(5-9(17)18)6-10(19)20;;/h3*1-6H2,(H,13,14)(H,15,16)(H,17,18)(H,19,20);;/p-12.